The highest BCUT2D eigenvalue weighted by Crippen LogP contribution is 2.22. The number of anilines is 2. The average molecular weight is 383 g/mol. The quantitative estimate of drug-likeness (QED) is 0.641. The van der Waals surface area contributed by atoms with E-state index in [0.717, 1.165) is 11.8 Å². The van der Waals surface area contributed by atoms with Gasteiger partial charge in [0.1, 0.15) is 0 Å². The van der Waals surface area contributed by atoms with Gasteiger partial charge in [0.15, 0.2) is 0 Å². The van der Waals surface area contributed by atoms with Gasteiger partial charge in [0.25, 0.3) is 0 Å². The topological polar surface area (TPSA) is 100 Å². The molecule has 2 rings (SSSR count). The summed E-state index contributed by atoms with van der Waals surface area (Å²) in [5.41, 5.74) is 2.01. The third kappa shape index (κ3) is 7.08. The van der Waals surface area contributed by atoms with Gasteiger partial charge in [-0.15, -0.1) is 0 Å². The number of benzene rings is 1. The van der Waals surface area contributed by atoms with Gasteiger partial charge in [-0.2, -0.15) is 0 Å². The van der Waals surface area contributed by atoms with E-state index in [-0.39, 0.29) is 0 Å². The van der Waals surface area contributed by atoms with Crippen molar-refractivity contribution < 1.29 is 13.2 Å². The predicted molar refractivity (Wildman–Crippen MR) is 99.5 cm³/mol. The zero-order chi connectivity index (χ0) is 18.3. The van der Waals surface area contributed by atoms with Crippen LogP contribution in [0.4, 0.5) is 16.2 Å². The minimum absolute atomic E-state index is 0.322. The Morgan fingerprint density at radius 2 is 2.04 bits per heavy atom. The number of rotatable bonds is 7. The molecule has 3 N–H and O–H groups in total. The zero-order valence-corrected chi connectivity index (χ0v) is 15.2. The number of amides is 2. The number of nitrogens with zero attached hydrogens (tertiary/aromatic N) is 1. The molecule has 2 aromatic rings. The average Bonchev–Trinajstić information content (AvgIpc) is 2.53. The van der Waals surface area contributed by atoms with E-state index in [2.05, 4.69) is 20.3 Å². The molecule has 1 heterocycles. The summed E-state index contributed by atoms with van der Waals surface area (Å²) >= 11 is 6.01. The summed E-state index contributed by atoms with van der Waals surface area (Å²) < 4.78 is 24.6. The lowest BCUT2D eigenvalue weighted by Gasteiger charge is -2.12. The molecule has 0 aliphatic heterocycles. The number of carbonyl (C=O) groups is 1. The van der Waals surface area contributed by atoms with Crippen LogP contribution in [0.25, 0.3) is 0 Å². The van der Waals surface area contributed by atoms with Gasteiger partial charge < -0.3 is 10.6 Å². The first kappa shape index (κ1) is 19.2. The Labute approximate surface area is 151 Å². The number of hydrogen-bond donors (Lipinski definition) is 3. The molecule has 2 amide bonds. The summed E-state index contributed by atoms with van der Waals surface area (Å²) in [6.45, 7) is 0.322. The van der Waals surface area contributed by atoms with Crippen LogP contribution in [-0.2, 0) is 16.4 Å². The molecule has 0 aliphatic rings. The van der Waals surface area contributed by atoms with Gasteiger partial charge in [-0.05, 0) is 42.7 Å². The van der Waals surface area contributed by atoms with Crippen LogP contribution in [0.2, 0.25) is 5.02 Å². The molecule has 0 radical (unpaired) electrons. The first-order valence-electron chi connectivity index (χ1n) is 7.54. The molecule has 1 aromatic carbocycles. The minimum Gasteiger partial charge on any atom is -0.307 e. The molecule has 0 saturated carbocycles. The Balaban J connectivity index is 1.99. The van der Waals surface area contributed by atoms with Crippen LogP contribution < -0.4 is 15.4 Å². The molecule has 0 saturated heterocycles. The molecule has 0 bridgehead atoms. The van der Waals surface area contributed by atoms with E-state index in [1.807, 2.05) is 6.07 Å². The summed E-state index contributed by atoms with van der Waals surface area (Å²) in [4.78, 5) is 16.0. The van der Waals surface area contributed by atoms with Gasteiger partial charge >= 0.3 is 6.03 Å². The Morgan fingerprint density at radius 1 is 1.24 bits per heavy atom. The zero-order valence-electron chi connectivity index (χ0n) is 13.6. The van der Waals surface area contributed by atoms with E-state index in [9.17, 15) is 13.2 Å². The number of pyridine rings is 1. The molecule has 9 heteroatoms. The second kappa shape index (κ2) is 8.80. The van der Waals surface area contributed by atoms with Crippen molar-refractivity contribution in [2.24, 2.45) is 0 Å². The van der Waals surface area contributed by atoms with Crippen LogP contribution in [0.3, 0.4) is 0 Å². The molecule has 134 valence electrons. The Morgan fingerprint density at radius 3 is 2.72 bits per heavy atom. The first-order chi connectivity index (χ1) is 11.8. The lowest BCUT2D eigenvalue weighted by atomic mass is 10.1. The molecule has 1 aromatic heterocycles. The van der Waals surface area contributed by atoms with Gasteiger partial charge in [-0.3, -0.25) is 4.98 Å². The molecular weight excluding hydrogens is 364 g/mol. The molecule has 0 fully saturated rings. The number of aromatic nitrogens is 1. The first-order valence-corrected chi connectivity index (χ1v) is 9.81. The van der Waals surface area contributed by atoms with Crippen molar-refractivity contribution in [1.29, 1.82) is 0 Å². The van der Waals surface area contributed by atoms with Crippen LogP contribution in [0, 0.1) is 0 Å². The van der Waals surface area contributed by atoms with E-state index in [0.29, 0.717) is 35.8 Å². The van der Waals surface area contributed by atoms with Crippen LogP contribution in [-0.4, -0.2) is 32.2 Å². The molecular formula is C16H19ClN4O3S. The second-order valence-electron chi connectivity index (χ2n) is 5.39. The van der Waals surface area contributed by atoms with Gasteiger partial charge in [-0.1, -0.05) is 17.7 Å². The summed E-state index contributed by atoms with van der Waals surface area (Å²) in [6.07, 6.45) is 5.44. The van der Waals surface area contributed by atoms with Crippen LogP contribution >= 0.6 is 11.6 Å². The lowest BCUT2D eigenvalue weighted by molar-refractivity contribution is 0.262. The lowest BCUT2D eigenvalue weighted by Crippen LogP contribution is -2.23. The maximum atomic E-state index is 12.1. The largest absolute Gasteiger partial charge is 0.323 e. The highest BCUT2D eigenvalue weighted by molar-refractivity contribution is 7.88. The number of hydrogen-bond acceptors (Lipinski definition) is 4. The van der Waals surface area contributed by atoms with Crippen molar-refractivity contribution >= 4 is 39.0 Å². The molecule has 0 aliphatic carbocycles. The van der Waals surface area contributed by atoms with Crippen LogP contribution in [0.15, 0.2) is 42.7 Å². The second-order valence-corrected chi connectivity index (χ2v) is 7.66. The number of carbonyl (C=O) groups excluding carboxylic acids is 1. The standard InChI is InChI=1S/C16H19ClN4O3S/c1-25(23,24)19-9-2-4-12-6-7-13(17)10-15(12)21-16(22)20-14-5-3-8-18-11-14/h3,5-8,10-11,19H,2,4,9H2,1H3,(H2,20,21,22). The summed E-state index contributed by atoms with van der Waals surface area (Å²) in [5, 5.41) is 5.93. The highest BCUT2D eigenvalue weighted by Gasteiger charge is 2.09. The SMILES string of the molecule is CS(=O)(=O)NCCCc1ccc(Cl)cc1NC(=O)Nc1cccnc1. The fourth-order valence-corrected chi connectivity index (χ4v) is 2.83. The fourth-order valence-electron chi connectivity index (χ4n) is 2.14. The van der Waals surface area contributed by atoms with Gasteiger partial charge in [-0.25, -0.2) is 17.9 Å². The van der Waals surface area contributed by atoms with Gasteiger partial charge in [0.05, 0.1) is 18.1 Å². The molecule has 0 atom stereocenters. The summed E-state index contributed by atoms with van der Waals surface area (Å²) in [7, 11) is -3.21. The van der Waals surface area contributed by atoms with Gasteiger partial charge in [0, 0.05) is 23.5 Å². The molecule has 25 heavy (non-hydrogen) atoms. The van der Waals surface area contributed by atoms with E-state index in [1.54, 1.807) is 30.5 Å². The number of sulfonamides is 1. The normalized spacial score (nSPS) is 11.1. The molecule has 7 nitrogen and oxygen atoms in total. The molecule has 0 unspecified atom stereocenters. The number of nitrogens with one attached hydrogen (secondary N) is 3. The summed E-state index contributed by atoms with van der Waals surface area (Å²) in [6, 6.07) is 8.22. The number of urea groups is 1. The van der Waals surface area contributed by atoms with Crippen molar-refractivity contribution in [1.82, 2.24) is 9.71 Å². The Hall–Kier alpha value is -2.16. The van der Waals surface area contributed by atoms with E-state index >= 15 is 0 Å². The number of halogens is 1. The highest BCUT2D eigenvalue weighted by atomic mass is 35.5. The van der Waals surface area contributed by atoms with E-state index in [4.69, 9.17) is 11.6 Å². The third-order valence-electron chi connectivity index (χ3n) is 3.23. The van der Waals surface area contributed by atoms with Crippen molar-refractivity contribution in [3.63, 3.8) is 0 Å². The predicted octanol–water partition coefficient (Wildman–Crippen LogP) is 2.86. The van der Waals surface area contributed by atoms with E-state index < -0.39 is 16.1 Å². The van der Waals surface area contributed by atoms with Crippen molar-refractivity contribution in [3.05, 3.63) is 53.3 Å². The van der Waals surface area contributed by atoms with Crippen molar-refractivity contribution in [2.45, 2.75) is 12.8 Å². The van der Waals surface area contributed by atoms with Crippen LogP contribution in [0.1, 0.15) is 12.0 Å². The third-order valence-corrected chi connectivity index (χ3v) is 4.19. The number of aryl methyl sites for hydroxylation is 1. The summed E-state index contributed by atoms with van der Waals surface area (Å²) in [5.74, 6) is 0. The maximum absolute atomic E-state index is 12.1. The van der Waals surface area contributed by atoms with Gasteiger partial charge in [0.2, 0.25) is 10.0 Å². The monoisotopic (exact) mass is 382 g/mol. The maximum Gasteiger partial charge on any atom is 0.323 e. The Bertz CT molecular complexity index is 829. The fraction of sp³-hybridized carbons (Fsp3) is 0.250. The minimum atomic E-state index is -3.21. The van der Waals surface area contributed by atoms with Crippen molar-refractivity contribution in [3.8, 4) is 0 Å². The van der Waals surface area contributed by atoms with E-state index in [1.165, 1.54) is 6.20 Å². The smallest absolute Gasteiger partial charge is 0.307 e. The van der Waals surface area contributed by atoms with Crippen molar-refractivity contribution in [2.75, 3.05) is 23.4 Å². The Kier molecular flexibility index (Phi) is 6.74. The van der Waals surface area contributed by atoms with Crippen LogP contribution in [0.5, 0.6) is 0 Å². The molecule has 0 spiro atoms.